The SMILES string of the molecule is CC1CC(N)CCN1C1CCN(Cc2ccccc2)CC1. The van der Waals surface area contributed by atoms with E-state index in [1.807, 2.05) is 0 Å². The smallest absolute Gasteiger partial charge is 0.0233 e. The molecular formula is C18H29N3. The van der Waals surface area contributed by atoms with Crippen LogP contribution in [0.25, 0.3) is 0 Å². The fourth-order valence-electron chi connectivity index (χ4n) is 4.02. The van der Waals surface area contributed by atoms with Crippen LogP contribution in [0.15, 0.2) is 30.3 Å². The fraction of sp³-hybridized carbons (Fsp3) is 0.667. The van der Waals surface area contributed by atoms with Crippen LogP contribution in [-0.4, -0.2) is 47.6 Å². The van der Waals surface area contributed by atoms with Gasteiger partial charge in [-0.3, -0.25) is 9.80 Å². The Morgan fingerprint density at radius 3 is 2.43 bits per heavy atom. The van der Waals surface area contributed by atoms with E-state index in [4.69, 9.17) is 5.73 Å². The summed E-state index contributed by atoms with van der Waals surface area (Å²) < 4.78 is 0. The second-order valence-corrected chi connectivity index (χ2v) is 6.86. The monoisotopic (exact) mass is 287 g/mol. The summed E-state index contributed by atoms with van der Waals surface area (Å²) in [5, 5.41) is 0. The molecule has 2 N–H and O–H groups in total. The number of hydrogen-bond donors (Lipinski definition) is 1. The zero-order valence-electron chi connectivity index (χ0n) is 13.2. The highest BCUT2D eigenvalue weighted by Gasteiger charge is 2.31. The van der Waals surface area contributed by atoms with Crippen LogP contribution in [0.5, 0.6) is 0 Å². The van der Waals surface area contributed by atoms with Crippen LogP contribution < -0.4 is 5.73 Å². The van der Waals surface area contributed by atoms with E-state index in [-0.39, 0.29) is 0 Å². The van der Waals surface area contributed by atoms with E-state index in [2.05, 4.69) is 47.1 Å². The Balaban J connectivity index is 1.49. The normalized spacial score (nSPS) is 29.6. The van der Waals surface area contributed by atoms with Crippen molar-refractivity contribution in [2.75, 3.05) is 19.6 Å². The van der Waals surface area contributed by atoms with Crippen LogP contribution in [-0.2, 0) is 6.54 Å². The molecule has 3 heteroatoms. The minimum absolute atomic E-state index is 0.425. The van der Waals surface area contributed by atoms with Gasteiger partial charge in [-0.15, -0.1) is 0 Å². The Morgan fingerprint density at radius 1 is 1.05 bits per heavy atom. The van der Waals surface area contributed by atoms with Gasteiger partial charge in [0.05, 0.1) is 0 Å². The number of nitrogens with two attached hydrogens (primary N) is 1. The lowest BCUT2D eigenvalue weighted by atomic mass is 9.93. The summed E-state index contributed by atoms with van der Waals surface area (Å²) in [6, 6.07) is 12.7. The molecule has 0 aliphatic carbocycles. The van der Waals surface area contributed by atoms with Crippen molar-refractivity contribution in [3.8, 4) is 0 Å². The highest BCUT2D eigenvalue weighted by Crippen LogP contribution is 2.25. The van der Waals surface area contributed by atoms with Crippen molar-refractivity contribution in [1.82, 2.24) is 9.80 Å². The third kappa shape index (κ3) is 3.85. The number of nitrogens with zero attached hydrogens (tertiary/aromatic N) is 2. The minimum atomic E-state index is 0.425. The van der Waals surface area contributed by atoms with E-state index in [0.717, 1.165) is 12.6 Å². The first kappa shape index (κ1) is 15.0. The summed E-state index contributed by atoms with van der Waals surface area (Å²) in [6.45, 7) is 7.12. The lowest BCUT2D eigenvalue weighted by molar-refractivity contribution is 0.0502. The predicted octanol–water partition coefficient (Wildman–Crippen LogP) is 2.46. The van der Waals surface area contributed by atoms with Crippen LogP contribution in [0.3, 0.4) is 0 Å². The average Bonchev–Trinajstić information content (AvgIpc) is 2.49. The molecule has 2 atom stereocenters. The highest BCUT2D eigenvalue weighted by atomic mass is 15.2. The van der Waals surface area contributed by atoms with Gasteiger partial charge in [-0.25, -0.2) is 0 Å². The lowest BCUT2D eigenvalue weighted by Crippen LogP contribution is -2.53. The van der Waals surface area contributed by atoms with Crippen molar-refractivity contribution in [3.05, 3.63) is 35.9 Å². The molecule has 0 bridgehead atoms. The first-order chi connectivity index (χ1) is 10.2. The van der Waals surface area contributed by atoms with Crippen LogP contribution in [0.1, 0.15) is 38.2 Å². The Bertz CT molecular complexity index is 425. The Morgan fingerprint density at radius 2 is 1.76 bits per heavy atom. The molecule has 0 radical (unpaired) electrons. The number of piperidine rings is 2. The van der Waals surface area contributed by atoms with Gasteiger partial charge in [0.2, 0.25) is 0 Å². The lowest BCUT2D eigenvalue weighted by Gasteiger charge is -2.45. The number of likely N-dealkylation sites (tertiary alicyclic amines) is 2. The van der Waals surface area contributed by atoms with Crippen molar-refractivity contribution in [2.45, 2.75) is 57.3 Å². The zero-order valence-corrected chi connectivity index (χ0v) is 13.2. The molecule has 0 spiro atoms. The van der Waals surface area contributed by atoms with E-state index in [9.17, 15) is 0 Å². The number of rotatable bonds is 3. The molecule has 2 fully saturated rings. The van der Waals surface area contributed by atoms with Gasteiger partial charge in [-0.05, 0) is 51.3 Å². The summed E-state index contributed by atoms with van der Waals surface area (Å²) in [6.07, 6.45) is 4.97. The maximum atomic E-state index is 6.09. The highest BCUT2D eigenvalue weighted by molar-refractivity contribution is 5.14. The Kier molecular flexibility index (Phi) is 4.94. The summed E-state index contributed by atoms with van der Waals surface area (Å²) in [5.74, 6) is 0. The molecule has 21 heavy (non-hydrogen) atoms. The molecule has 3 nitrogen and oxygen atoms in total. The molecule has 0 aromatic heterocycles. The van der Waals surface area contributed by atoms with Crippen LogP contribution in [0.4, 0.5) is 0 Å². The van der Waals surface area contributed by atoms with Gasteiger partial charge in [0.15, 0.2) is 0 Å². The minimum Gasteiger partial charge on any atom is -0.328 e. The first-order valence-electron chi connectivity index (χ1n) is 8.50. The van der Waals surface area contributed by atoms with E-state index < -0.39 is 0 Å². The van der Waals surface area contributed by atoms with Crippen molar-refractivity contribution in [3.63, 3.8) is 0 Å². The van der Waals surface area contributed by atoms with Gasteiger partial charge in [-0.2, -0.15) is 0 Å². The second-order valence-electron chi connectivity index (χ2n) is 6.86. The molecule has 2 unspecified atom stereocenters. The molecule has 1 aromatic rings. The topological polar surface area (TPSA) is 32.5 Å². The number of benzene rings is 1. The quantitative estimate of drug-likeness (QED) is 0.927. The maximum Gasteiger partial charge on any atom is 0.0233 e. The molecule has 0 amide bonds. The fourth-order valence-corrected chi connectivity index (χ4v) is 4.02. The van der Waals surface area contributed by atoms with Gasteiger partial charge < -0.3 is 5.73 Å². The predicted molar refractivity (Wildman–Crippen MR) is 88.1 cm³/mol. The molecule has 2 saturated heterocycles. The van der Waals surface area contributed by atoms with E-state index in [1.54, 1.807) is 0 Å². The van der Waals surface area contributed by atoms with Crippen LogP contribution >= 0.6 is 0 Å². The van der Waals surface area contributed by atoms with Crippen LogP contribution in [0.2, 0.25) is 0 Å². The summed E-state index contributed by atoms with van der Waals surface area (Å²) >= 11 is 0. The second kappa shape index (κ2) is 6.91. The van der Waals surface area contributed by atoms with E-state index in [0.29, 0.717) is 12.1 Å². The van der Waals surface area contributed by atoms with E-state index in [1.165, 1.54) is 50.9 Å². The third-order valence-electron chi connectivity index (χ3n) is 5.24. The standard InChI is InChI=1S/C18H29N3/c1-15-13-17(19)7-12-21(15)18-8-10-20(11-9-18)14-16-5-3-2-4-6-16/h2-6,15,17-18H,7-14,19H2,1H3. The largest absolute Gasteiger partial charge is 0.328 e. The van der Waals surface area contributed by atoms with Crippen molar-refractivity contribution >= 4 is 0 Å². The Hall–Kier alpha value is -0.900. The molecule has 3 rings (SSSR count). The van der Waals surface area contributed by atoms with Crippen LogP contribution in [0, 0.1) is 0 Å². The summed E-state index contributed by atoms with van der Waals surface area (Å²) in [5.41, 5.74) is 7.53. The van der Waals surface area contributed by atoms with Gasteiger partial charge in [-0.1, -0.05) is 30.3 Å². The molecule has 116 valence electrons. The van der Waals surface area contributed by atoms with Gasteiger partial charge in [0.25, 0.3) is 0 Å². The number of hydrogen-bond acceptors (Lipinski definition) is 3. The summed E-state index contributed by atoms with van der Waals surface area (Å²) in [7, 11) is 0. The first-order valence-corrected chi connectivity index (χ1v) is 8.50. The van der Waals surface area contributed by atoms with E-state index >= 15 is 0 Å². The van der Waals surface area contributed by atoms with Crippen molar-refractivity contribution in [2.24, 2.45) is 5.73 Å². The van der Waals surface area contributed by atoms with Crippen molar-refractivity contribution in [1.29, 1.82) is 0 Å². The molecule has 2 aliphatic rings. The van der Waals surface area contributed by atoms with Gasteiger partial charge in [0.1, 0.15) is 0 Å². The molecule has 1 aromatic carbocycles. The average molecular weight is 287 g/mol. The zero-order chi connectivity index (χ0) is 14.7. The van der Waals surface area contributed by atoms with Crippen molar-refractivity contribution < 1.29 is 0 Å². The summed E-state index contributed by atoms with van der Waals surface area (Å²) in [4.78, 5) is 5.33. The molecular weight excluding hydrogens is 258 g/mol. The molecule has 2 heterocycles. The molecule has 2 aliphatic heterocycles. The maximum absolute atomic E-state index is 6.09. The third-order valence-corrected chi connectivity index (χ3v) is 5.24. The Labute approximate surface area is 129 Å². The van der Waals surface area contributed by atoms with Gasteiger partial charge >= 0.3 is 0 Å². The molecule has 0 saturated carbocycles. The van der Waals surface area contributed by atoms with Gasteiger partial charge in [0, 0.05) is 31.2 Å².